The van der Waals surface area contributed by atoms with E-state index in [0.29, 0.717) is 16.3 Å². The Kier molecular flexibility index (Phi) is 3.32. The molecule has 1 N–H and O–H groups in total. The fourth-order valence-electron chi connectivity index (χ4n) is 1.38. The highest BCUT2D eigenvalue weighted by atomic mass is 35.5. The Balaban J connectivity index is 2.15. The predicted molar refractivity (Wildman–Crippen MR) is 68.1 cm³/mol. The van der Waals surface area contributed by atoms with Gasteiger partial charge in [0.05, 0.1) is 0 Å². The van der Waals surface area contributed by atoms with Crippen LogP contribution in [0.1, 0.15) is 17.3 Å². The van der Waals surface area contributed by atoms with E-state index >= 15 is 0 Å². The monoisotopic (exact) mass is 261 g/mol. The summed E-state index contributed by atoms with van der Waals surface area (Å²) in [5.74, 6) is -0.258. The number of hydrogen-bond donors (Lipinski definition) is 1. The van der Waals surface area contributed by atoms with Crippen molar-refractivity contribution in [1.29, 1.82) is 0 Å². The number of hydrogen-bond acceptors (Lipinski definition) is 3. The molecule has 1 amide bonds. The second-order valence-corrected chi connectivity index (χ2v) is 3.98. The predicted octanol–water partition coefficient (Wildman–Crippen LogP) is 1.53. The number of nitrogens with zero attached hydrogens (tertiary/aromatic N) is 4. The quantitative estimate of drug-likeness (QED) is 0.603. The van der Waals surface area contributed by atoms with Crippen molar-refractivity contribution in [2.75, 3.05) is 0 Å². The Morgan fingerprint density at radius 1 is 1.33 bits per heavy atom. The van der Waals surface area contributed by atoms with Crippen LogP contribution in [-0.4, -0.2) is 28.0 Å². The summed E-state index contributed by atoms with van der Waals surface area (Å²) < 4.78 is 0. The van der Waals surface area contributed by atoms with Crippen molar-refractivity contribution in [2.45, 2.75) is 6.92 Å². The number of halogens is 1. The Bertz CT molecular complexity index is 611. The first-order valence-corrected chi connectivity index (χ1v) is 5.41. The van der Waals surface area contributed by atoms with Gasteiger partial charge in [-0.05, 0) is 31.2 Å². The minimum absolute atomic E-state index is 0.120. The molecule has 2 rings (SSSR count). The maximum absolute atomic E-state index is 11.9. The number of amidine groups is 1. The number of amides is 1. The molecule has 0 aliphatic carbocycles. The molecule has 0 atom stereocenters. The van der Waals surface area contributed by atoms with Crippen LogP contribution < -0.4 is 5.32 Å². The molecule has 1 aromatic carbocycles. The summed E-state index contributed by atoms with van der Waals surface area (Å²) >= 11 is 5.73. The van der Waals surface area contributed by atoms with Crippen molar-refractivity contribution in [3.8, 4) is 0 Å². The number of carbonyl (C=O) groups is 1. The summed E-state index contributed by atoms with van der Waals surface area (Å²) in [5.41, 5.74) is 9.79. The van der Waals surface area contributed by atoms with E-state index < -0.39 is 0 Å². The van der Waals surface area contributed by atoms with Crippen LogP contribution in [0.4, 0.5) is 0 Å². The highest BCUT2D eigenvalue weighted by Gasteiger charge is 2.28. The molecule has 0 saturated carbocycles. The summed E-state index contributed by atoms with van der Waals surface area (Å²) in [4.78, 5) is 14.9. The molecule has 0 spiro atoms. The van der Waals surface area contributed by atoms with Crippen molar-refractivity contribution in [2.24, 2.45) is 10.2 Å². The molecule has 18 heavy (non-hydrogen) atoms. The largest absolute Gasteiger partial charge is 0.382 e. The van der Waals surface area contributed by atoms with E-state index in [1.165, 1.54) is 0 Å². The molecular formula is C11H8ClN5O. The molecule has 0 unspecified atom stereocenters. The van der Waals surface area contributed by atoms with Crippen LogP contribution in [0.5, 0.6) is 0 Å². The highest BCUT2D eigenvalue weighted by Crippen LogP contribution is 2.09. The zero-order valence-corrected chi connectivity index (χ0v) is 10.1. The lowest BCUT2D eigenvalue weighted by Gasteiger charge is -2.01. The van der Waals surface area contributed by atoms with Gasteiger partial charge in [0, 0.05) is 10.6 Å². The second kappa shape index (κ2) is 4.91. The van der Waals surface area contributed by atoms with Crippen LogP contribution in [0.15, 0.2) is 34.5 Å². The lowest BCUT2D eigenvalue weighted by Crippen LogP contribution is -2.37. The van der Waals surface area contributed by atoms with Crippen molar-refractivity contribution in [3.05, 3.63) is 40.4 Å². The number of carbonyl (C=O) groups excluding carboxylic acids is 1. The van der Waals surface area contributed by atoms with Crippen molar-refractivity contribution < 1.29 is 9.58 Å². The molecule has 7 heteroatoms. The summed E-state index contributed by atoms with van der Waals surface area (Å²) in [7, 11) is 0. The Morgan fingerprint density at radius 2 is 2.00 bits per heavy atom. The molecule has 0 fully saturated rings. The minimum atomic E-state index is -0.378. The topological polar surface area (TPSA) is 90.2 Å². The van der Waals surface area contributed by atoms with Crippen LogP contribution >= 0.6 is 11.6 Å². The lowest BCUT2D eigenvalue weighted by atomic mass is 10.2. The fraction of sp³-hybridized carbons (Fsp3) is 0.0909. The molecule has 0 saturated heterocycles. The van der Waals surface area contributed by atoms with E-state index in [1.807, 2.05) is 0 Å². The van der Waals surface area contributed by atoms with Gasteiger partial charge in [0.15, 0.2) is 5.71 Å². The highest BCUT2D eigenvalue weighted by molar-refractivity contribution is 6.68. The maximum atomic E-state index is 11.9. The fourth-order valence-corrected chi connectivity index (χ4v) is 1.50. The van der Waals surface area contributed by atoms with Gasteiger partial charge < -0.3 is 5.53 Å². The normalized spacial score (nSPS) is 13.8. The molecule has 1 heterocycles. The van der Waals surface area contributed by atoms with E-state index in [-0.39, 0.29) is 17.5 Å². The van der Waals surface area contributed by atoms with E-state index in [2.05, 4.69) is 20.3 Å². The average molecular weight is 262 g/mol. The van der Waals surface area contributed by atoms with Crippen molar-refractivity contribution in [1.82, 2.24) is 5.32 Å². The van der Waals surface area contributed by atoms with Crippen LogP contribution in [0.25, 0.3) is 5.53 Å². The van der Waals surface area contributed by atoms with Crippen LogP contribution in [0.3, 0.4) is 0 Å². The second-order valence-electron chi connectivity index (χ2n) is 3.54. The van der Waals surface area contributed by atoms with Gasteiger partial charge in [-0.25, -0.2) is 0 Å². The lowest BCUT2D eigenvalue weighted by molar-refractivity contribution is 0.00162. The molecule has 0 radical (unpaired) electrons. The first-order chi connectivity index (χ1) is 8.61. The SMILES string of the molecule is CC1=NN=C(NC(=O)c2ccc(Cl)cc2)C1=[N+]=[N-]. The molecular weight excluding hydrogens is 254 g/mol. The van der Waals surface area contributed by atoms with E-state index in [9.17, 15) is 4.79 Å². The zero-order valence-electron chi connectivity index (χ0n) is 9.38. The Morgan fingerprint density at radius 3 is 2.61 bits per heavy atom. The number of benzene rings is 1. The molecule has 1 aliphatic heterocycles. The summed E-state index contributed by atoms with van der Waals surface area (Å²) in [6.45, 7) is 1.62. The van der Waals surface area contributed by atoms with Gasteiger partial charge in [0.25, 0.3) is 5.91 Å². The van der Waals surface area contributed by atoms with Crippen molar-refractivity contribution in [3.63, 3.8) is 0 Å². The Labute approximate surface area is 108 Å². The van der Waals surface area contributed by atoms with Gasteiger partial charge >= 0.3 is 5.71 Å². The maximum Gasteiger partial charge on any atom is 0.382 e. The van der Waals surface area contributed by atoms with E-state index in [0.717, 1.165) is 0 Å². The van der Waals surface area contributed by atoms with Crippen LogP contribution in [-0.2, 0) is 0 Å². The van der Waals surface area contributed by atoms with Crippen LogP contribution in [0, 0.1) is 0 Å². The van der Waals surface area contributed by atoms with E-state index in [4.69, 9.17) is 17.1 Å². The summed E-state index contributed by atoms with van der Waals surface area (Å²) in [6, 6.07) is 6.37. The molecule has 1 aromatic rings. The smallest absolute Gasteiger partial charge is 0.361 e. The third kappa shape index (κ3) is 2.34. The molecule has 90 valence electrons. The minimum Gasteiger partial charge on any atom is -0.361 e. The zero-order chi connectivity index (χ0) is 13.1. The molecule has 0 bridgehead atoms. The standard InChI is InChI=1S/C11H8ClN5O/c1-6-9(15-13)10(17-16-6)14-11(18)7-2-4-8(12)5-3-7/h2-5H,1H3,(H,14,17,18). The number of nitrogens with one attached hydrogen (secondary N) is 1. The van der Waals surface area contributed by atoms with E-state index in [1.54, 1.807) is 31.2 Å². The van der Waals surface area contributed by atoms with Crippen LogP contribution in [0.2, 0.25) is 5.02 Å². The molecule has 1 aliphatic rings. The average Bonchev–Trinajstić information content (AvgIpc) is 2.70. The van der Waals surface area contributed by atoms with Gasteiger partial charge in [0.2, 0.25) is 5.84 Å². The van der Waals surface area contributed by atoms with Gasteiger partial charge in [-0.1, -0.05) is 11.6 Å². The first-order valence-electron chi connectivity index (χ1n) is 5.04. The third-order valence-electron chi connectivity index (χ3n) is 2.31. The third-order valence-corrected chi connectivity index (χ3v) is 2.56. The first kappa shape index (κ1) is 12.2. The van der Waals surface area contributed by atoms with Gasteiger partial charge in [-0.3, -0.25) is 10.1 Å². The van der Waals surface area contributed by atoms with Gasteiger partial charge in [-0.15, -0.1) is 10.2 Å². The van der Waals surface area contributed by atoms with Gasteiger partial charge in [0.1, 0.15) is 0 Å². The summed E-state index contributed by atoms with van der Waals surface area (Å²) in [5, 5.41) is 10.5. The summed E-state index contributed by atoms with van der Waals surface area (Å²) in [6.07, 6.45) is 0. The number of rotatable bonds is 1. The van der Waals surface area contributed by atoms with Crippen molar-refractivity contribution >= 4 is 34.8 Å². The molecule has 0 aromatic heterocycles. The Hall–Kier alpha value is -2.30. The van der Waals surface area contributed by atoms with Gasteiger partial charge in [-0.2, -0.15) is 4.79 Å². The molecule has 6 nitrogen and oxygen atoms in total.